The van der Waals surface area contributed by atoms with Gasteiger partial charge in [-0.25, -0.2) is 4.79 Å². The summed E-state index contributed by atoms with van der Waals surface area (Å²) in [6.45, 7) is 4.91. The molecule has 0 aromatic rings. The van der Waals surface area contributed by atoms with Crippen molar-refractivity contribution in [3.8, 4) is 0 Å². The fourth-order valence-electron chi connectivity index (χ4n) is 0.926. The number of hydrogen-bond acceptors (Lipinski definition) is 3. The van der Waals surface area contributed by atoms with Gasteiger partial charge in [0.05, 0.1) is 7.11 Å². The maximum absolute atomic E-state index is 11.2. The van der Waals surface area contributed by atoms with Crippen molar-refractivity contribution in [2.24, 2.45) is 0 Å². The van der Waals surface area contributed by atoms with Gasteiger partial charge < -0.3 is 9.64 Å². The molecule has 4 nitrogen and oxygen atoms in total. The number of rotatable bonds is 4. The zero-order valence-electron chi connectivity index (χ0n) is 8.24. The van der Waals surface area contributed by atoms with E-state index in [-0.39, 0.29) is 5.91 Å². The molecular formula is C9H15NO3. The van der Waals surface area contributed by atoms with Gasteiger partial charge >= 0.3 is 5.97 Å². The molecule has 0 fully saturated rings. The zero-order chi connectivity index (χ0) is 10.4. The lowest BCUT2D eigenvalue weighted by molar-refractivity contribution is -0.150. The third kappa shape index (κ3) is 3.27. The molecule has 0 radical (unpaired) electrons. The van der Waals surface area contributed by atoms with E-state index in [1.165, 1.54) is 18.9 Å². The molecular weight excluding hydrogens is 170 g/mol. The van der Waals surface area contributed by atoms with Crippen LogP contribution in [0.1, 0.15) is 13.3 Å². The minimum absolute atomic E-state index is 0.169. The predicted octanol–water partition coefficient (Wildman–Crippen LogP) is 0.582. The topological polar surface area (TPSA) is 46.6 Å². The van der Waals surface area contributed by atoms with Gasteiger partial charge in [0.1, 0.15) is 6.04 Å². The Morgan fingerprint density at radius 1 is 1.62 bits per heavy atom. The Morgan fingerprint density at radius 2 is 2.15 bits per heavy atom. The Balaban J connectivity index is 4.48. The molecule has 0 aromatic heterocycles. The fraction of sp³-hybridized carbons (Fsp3) is 0.556. The molecule has 0 saturated carbocycles. The van der Waals surface area contributed by atoms with Crippen molar-refractivity contribution in [1.29, 1.82) is 0 Å². The summed E-state index contributed by atoms with van der Waals surface area (Å²) < 4.78 is 4.56. The number of amides is 1. The Hall–Kier alpha value is -1.32. The van der Waals surface area contributed by atoms with Crippen LogP contribution in [0, 0.1) is 0 Å². The van der Waals surface area contributed by atoms with Gasteiger partial charge in [-0.3, -0.25) is 4.79 Å². The first-order chi connectivity index (χ1) is 6.04. The molecule has 0 rings (SSSR count). The second-order valence-electron chi connectivity index (χ2n) is 2.69. The van der Waals surface area contributed by atoms with Gasteiger partial charge in [-0.15, -0.1) is 6.58 Å². The molecule has 1 atom stereocenters. The summed E-state index contributed by atoms with van der Waals surface area (Å²) in [5.74, 6) is -0.588. The van der Waals surface area contributed by atoms with Crippen LogP contribution in [-0.2, 0) is 14.3 Å². The van der Waals surface area contributed by atoms with Crippen molar-refractivity contribution < 1.29 is 14.3 Å². The molecule has 1 unspecified atom stereocenters. The molecule has 0 aliphatic carbocycles. The molecule has 0 heterocycles. The van der Waals surface area contributed by atoms with Crippen LogP contribution in [-0.4, -0.2) is 37.0 Å². The van der Waals surface area contributed by atoms with E-state index in [9.17, 15) is 9.59 Å². The number of methoxy groups -OCH3 is 1. The highest BCUT2D eigenvalue weighted by atomic mass is 16.5. The number of hydrogen-bond donors (Lipinski definition) is 0. The largest absolute Gasteiger partial charge is 0.467 e. The summed E-state index contributed by atoms with van der Waals surface area (Å²) in [6, 6.07) is -0.556. The van der Waals surface area contributed by atoms with Crippen LogP contribution in [0.15, 0.2) is 12.7 Å². The van der Waals surface area contributed by atoms with Crippen LogP contribution in [0.3, 0.4) is 0 Å². The SMILES string of the molecule is C=CCC(C(=O)OC)N(C)C(C)=O. The van der Waals surface area contributed by atoms with Gasteiger partial charge in [-0.05, 0) is 6.42 Å². The van der Waals surface area contributed by atoms with Gasteiger partial charge in [0, 0.05) is 14.0 Å². The Kier molecular flexibility index (Phi) is 4.80. The molecule has 0 aliphatic rings. The zero-order valence-corrected chi connectivity index (χ0v) is 8.24. The number of ether oxygens (including phenoxy) is 1. The first-order valence-corrected chi connectivity index (χ1v) is 3.96. The van der Waals surface area contributed by atoms with Gasteiger partial charge in [0.25, 0.3) is 0 Å². The van der Waals surface area contributed by atoms with E-state index in [4.69, 9.17) is 0 Å². The van der Waals surface area contributed by atoms with E-state index < -0.39 is 12.0 Å². The molecule has 0 N–H and O–H groups in total. The summed E-state index contributed by atoms with van der Waals surface area (Å²) in [4.78, 5) is 23.5. The van der Waals surface area contributed by atoms with Crippen molar-refractivity contribution in [2.45, 2.75) is 19.4 Å². The molecule has 0 aliphatic heterocycles. The Bertz CT molecular complexity index is 213. The monoisotopic (exact) mass is 185 g/mol. The lowest BCUT2D eigenvalue weighted by atomic mass is 10.2. The lowest BCUT2D eigenvalue weighted by Gasteiger charge is -2.23. The van der Waals surface area contributed by atoms with E-state index in [0.29, 0.717) is 6.42 Å². The van der Waals surface area contributed by atoms with Gasteiger partial charge in [-0.2, -0.15) is 0 Å². The van der Waals surface area contributed by atoms with Crippen LogP contribution >= 0.6 is 0 Å². The predicted molar refractivity (Wildman–Crippen MR) is 49.1 cm³/mol. The van der Waals surface area contributed by atoms with Crippen LogP contribution < -0.4 is 0 Å². The minimum atomic E-state index is -0.556. The average Bonchev–Trinajstić information content (AvgIpc) is 2.11. The maximum Gasteiger partial charge on any atom is 0.328 e. The highest BCUT2D eigenvalue weighted by Crippen LogP contribution is 2.05. The van der Waals surface area contributed by atoms with E-state index in [2.05, 4.69) is 11.3 Å². The summed E-state index contributed by atoms with van der Waals surface area (Å²) >= 11 is 0. The third-order valence-corrected chi connectivity index (χ3v) is 1.83. The molecule has 74 valence electrons. The number of esters is 1. The lowest BCUT2D eigenvalue weighted by Crippen LogP contribution is -2.41. The molecule has 0 saturated heterocycles. The summed E-state index contributed by atoms with van der Waals surface area (Å²) in [5.41, 5.74) is 0. The quantitative estimate of drug-likeness (QED) is 0.475. The van der Waals surface area contributed by atoms with Gasteiger partial charge in [0.15, 0.2) is 0 Å². The van der Waals surface area contributed by atoms with Crippen molar-refractivity contribution in [3.05, 3.63) is 12.7 Å². The Morgan fingerprint density at radius 3 is 2.46 bits per heavy atom. The fourth-order valence-corrected chi connectivity index (χ4v) is 0.926. The van der Waals surface area contributed by atoms with E-state index in [1.54, 1.807) is 13.1 Å². The summed E-state index contributed by atoms with van der Waals surface area (Å²) in [7, 11) is 2.86. The first kappa shape index (κ1) is 11.7. The van der Waals surface area contributed by atoms with Crippen LogP contribution in [0.2, 0.25) is 0 Å². The van der Waals surface area contributed by atoms with E-state index >= 15 is 0 Å². The summed E-state index contributed by atoms with van der Waals surface area (Å²) in [6.07, 6.45) is 1.99. The van der Waals surface area contributed by atoms with Crippen LogP contribution in [0.5, 0.6) is 0 Å². The van der Waals surface area contributed by atoms with Crippen molar-refractivity contribution >= 4 is 11.9 Å². The summed E-state index contributed by atoms with van der Waals surface area (Å²) in [5, 5.41) is 0. The number of carbonyl (C=O) groups excluding carboxylic acids is 2. The second kappa shape index (κ2) is 5.35. The molecule has 1 amide bonds. The maximum atomic E-state index is 11.2. The van der Waals surface area contributed by atoms with E-state index in [0.717, 1.165) is 0 Å². The number of likely N-dealkylation sites (N-methyl/N-ethyl adjacent to an activating group) is 1. The molecule has 13 heavy (non-hydrogen) atoms. The molecule has 0 bridgehead atoms. The standard InChI is InChI=1S/C9H15NO3/c1-5-6-8(9(12)13-4)10(3)7(2)11/h5,8H,1,6H2,2-4H3. The van der Waals surface area contributed by atoms with Crippen LogP contribution in [0.25, 0.3) is 0 Å². The first-order valence-electron chi connectivity index (χ1n) is 3.96. The molecule has 0 spiro atoms. The normalized spacial score (nSPS) is 11.6. The minimum Gasteiger partial charge on any atom is -0.467 e. The third-order valence-electron chi connectivity index (χ3n) is 1.83. The van der Waals surface area contributed by atoms with Crippen molar-refractivity contribution in [1.82, 2.24) is 4.90 Å². The average molecular weight is 185 g/mol. The Labute approximate surface area is 78.2 Å². The number of nitrogens with zero attached hydrogens (tertiary/aromatic N) is 1. The highest BCUT2D eigenvalue weighted by Gasteiger charge is 2.23. The highest BCUT2D eigenvalue weighted by molar-refractivity contribution is 5.83. The number of carbonyl (C=O) groups is 2. The molecule has 4 heteroatoms. The second-order valence-corrected chi connectivity index (χ2v) is 2.69. The van der Waals surface area contributed by atoms with Gasteiger partial charge in [-0.1, -0.05) is 6.08 Å². The van der Waals surface area contributed by atoms with Gasteiger partial charge in [0.2, 0.25) is 5.91 Å². The smallest absolute Gasteiger partial charge is 0.328 e. The molecule has 0 aromatic carbocycles. The van der Waals surface area contributed by atoms with Crippen molar-refractivity contribution in [2.75, 3.05) is 14.2 Å². The van der Waals surface area contributed by atoms with Crippen molar-refractivity contribution in [3.63, 3.8) is 0 Å². The van der Waals surface area contributed by atoms with E-state index in [1.807, 2.05) is 0 Å². The van der Waals surface area contributed by atoms with Crippen LogP contribution in [0.4, 0.5) is 0 Å².